The van der Waals surface area contributed by atoms with Crippen LogP contribution in [0.4, 0.5) is 5.82 Å². The first-order valence-electron chi connectivity index (χ1n) is 11.1. The number of rotatable bonds is 7. The first-order valence-corrected chi connectivity index (χ1v) is 11.1. The van der Waals surface area contributed by atoms with Gasteiger partial charge in [0.15, 0.2) is 0 Å². The van der Waals surface area contributed by atoms with E-state index in [-0.39, 0.29) is 0 Å². The number of nitrogens with two attached hydrogens (primary N) is 1. The van der Waals surface area contributed by atoms with Crippen LogP contribution >= 0.6 is 0 Å². The van der Waals surface area contributed by atoms with Crippen LogP contribution in [0, 0.1) is 12.8 Å². The number of hydrogen-bond donors (Lipinski definition) is 2. The highest BCUT2D eigenvalue weighted by molar-refractivity contribution is 5.74. The summed E-state index contributed by atoms with van der Waals surface area (Å²) in [5.41, 5.74) is 13.4. The van der Waals surface area contributed by atoms with E-state index in [1.54, 1.807) is 0 Å². The molecule has 0 saturated heterocycles. The van der Waals surface area contributed by atoms with Crippen molar-refractivity contribution in [2.75, 3.05) is 19.4 Å². The average Bonchev–Trinajstić information content (AvgIpc) is 3.58. The van der Waals surface area contributed by atoms with E-state index >= 15 is 0 Å². The van der Waals surface area contributed by atoms with E-state index in [2.05, 4.69) is 74.6 Å². The molecule has 0 amide bonds. The maximum atomic E-state index is 6.33. The van der Waals surface area contributed by atoms with Gasteiger partial charge in [0.1, 0.15) is 11.6 Å². The Kier molecular flexibility index (Phi) is 6.03. The maximum absolute atomic E-state index is 6.33. The van der Waals surface area contributed by atoms with Gasteiger partial charge in [-0.3, -0.25) is 0 Å². The summed E-state index contributed by atoms with van der Waals surface area (Å²) in [6, 6.07) is 10.3. The van der Waals surface area contributed by atoms with Crippen molar-refractivity contribution < 1.29 is 0 Å². The van der Waals surface area contributed by atoms with E-state index < -0.39 is 0 Å². The minimum atomic E-state index is 0.353. The molecule has 1 atom stereocenters. The van der Waals surface area contributed by atoms with E-state index in [0.29, 0.717) is 5.92 Å². The van der Waals surface area contributed by atoms with Crippen molar-refractivity contribution in [3.8, 4) is 5.69 Å². The van der Waals surface area contributed by atoms with E-state index in [1.165, 1.54) is 16.8 Å². The standard InChI is InChI=1S/C26H33N5/c1-5-6-10-20-17-21(15-16-23(20)30(3)4)24-18(2)26(28-25(27)19-13-14-19)31(29-24)22-11-8-7-9-12-22/h6-12,15-16,20,28H,5,13-14,17,27H2,1-4H3/b10-6+. The summed E-state index contributed by atoms with van der Waals surface area (Å²) >= 11 is 0. The summed E-state index contributed by atoms with van der Waals surface area (Å²) < 4.78 is 1.99. The van der Waals surface area contributed by atoms with Crippen LogP contribution in [-0.2, 0) is 0 Å². The van der Waals surface area contributed by atoms with Crippen LogP contribution in [0.3, 0.4) is 0 Å². The van der Waals surface area contributed by atoms with E-state index in [9.17, 15) is 0 Å². The number of allylic oxidation sites excluding steroid dienone is 6. The minimum absolute atomic E-state index is 0.353. The van der Waals surface area contributed by atoms with Crippen molar-refractivity contribution in [2.24, 2.45) is 11.7 Å². The van der Waals surface area contributed by atoms with Crippen LogP contribution in [0.2, 0.25) is 0 Å². The summed E-state index contributed by atoms with van der Waals surface area (Å²) in [5.74, 6) is 2.07. The molecule has 31 heavy (non-hydrogen) atoms. The first kappa shape index (κ1) is 21.0. The summed E-state index contributed by atoms with van der Waals surface area (Å²) in [4.78, 5) is 2.21. The predicted molar refractivity (Wildman–Crippen MR) is 130 cm³/mol. The van der Waals surface area contributed by atoms with Gasteiger partial charge in [0.25, 0.3) is 0 Å². The molecule has 0 bridgehead atoms. The highest BCUT2D eigenvalue weighted by Gasteiger charge is 2.25. The molecule has 1 aromatic carbocycles. The fourth-order valence-corrected chi connectivity index (χ4v) is 4.09. The maximum Gasteiger partial charge on any atom is 0.138 e. The summed E-state index contributed by atoms with van der Waals surface area (Å²) in [6.45, 7) is 4.31. The number of nitrogens with zero attached hydrogens (tertiary/aromatic N) is 3. The zero-order valence-corrected chi connectivity index (χ0v) is 19.0. The molecule has 1 aromatic heterocycles. The van der Waals surface area contributed by atoms with Gasteiger partial charge in [-0.1, -0.05) is 43.4 Å². The van der Waals surface area contributed by atoms with Crippen molar-refractivity contribution in [1.82, 2.24) is 14.7 Å². The summed E-state index contributed by atoms with van der Waals surface area (Å²) in [6.07, 6.45) is 13.2. The van der Waals surface area contributed by atoms with Gasteiger partial charge in [-0.15, -0.1) is 0 Å². The second kappa shape index (κ2) is 8.88. The Hall–Kier alpha value is -3.21. The Morgan fingerprint density at radius 1 is 1.23 bits per heavy atom. The summed E-state index contributed by atoms with van der Waals surface area (Å²) in [7, 11) is 4.23. The lowest BCUT2D eigenvalue weighted by molar-refractivity contribution is 0.450. The molecule has 5 nitrogen and oxygen atoms in total. The Balaban J connectivity index is 1.77. The number of anilines is 1. The van der Waals surface area contributed by atoms with Gasteiger partial charge in [-0.2, -0.15) is 5.10 Å². The van der Waals surface area contributed by atoms with Gasteiger partial charge in [-0.25, -0.2) is 4.68 Å². The van der Waals surface area contributed by atoms with Crippen molar-refractivity contribution in [3.05, 3.63) is 83.0 Å². The Bertz CT molecular complexity index is 1060. The smallest absolute Gasteiger partial charge is 0.138 e. The van der Waals surface area contributed by atoms with Crippen LogP contribution in [0.1, 0.15) is 43.9 Å². The van der Waals surface area contributed by atoms with Gasteiger partial charge in [0.05, 0.1) is 11.4 Å². The molecular formula is C26H33N5. The Morgan fingerprint density at radius 2 is 1.97 bits per heavy atom. The van der Waals surface area contributed by atoms with Gasteiger partial charge in [0.2, 0.25) is 0 Å². The third-order valence-corrected chi connectivity index (χ3v) is 5.96. The molecule has 0 aliphatic heterocycles. The van der Waals surface area contributed by atoms with Crippen LogP contribution in [0.15, 0.2) is 71.7 Å². The van der Waals surface area contributed by atoms with Gasteiger partial charge in [0, 0.05) is 31.3 Å². The van der Waals surface area contributed by atoms with E-state index in [1.807, 2.05) is 22.9 Å². The molecule has 2 aromatic rings. The average molecular weight is 416 g/mol. The zero-order chi connectivity index (χ0) is 22.0. The van der Waals surface area contributed by atoms with Crippen molar-refractivity contribution in [2.45, 2.75) is 39.5 Å². The minimum Gasteiger partial charge on any atom is -0.385 e. The lowest BCUT2D eigenvalue weighted by Gasteiger charge is -2.27. The van der Waals surface area contributed by atoms with Crippen LogP contribution in [0.25, 0.3) is 11.3 Å². The largest absolute Gasteiger partial charge is 0.385 e. The van der Waals surface area contributed by atoms with Gasteiger partial charge >= 0.3 is 0 Å². The lowest BCUT2D eigenvalue weighted by atomic mass is 9.87. The van der Waals surface area contributed by atoms with E-state index in [4.69, 9.17) is 10.8 Å². The molecule has 2 aliphatic carbocycles. The number of para-hydroxylation sites is 1. The molecule has 3 N–H and O–H groups in total. The van der Waals surface area contributed by atoms with Crippen LogP contribution in [0.5, 0.6) is 0 Å². The molecular weight excluding hydrogens is 382 g/mol. The van der Waals surface area contributed by atoms with Gasteiger partial charge in [-0.05, 0) is 62.0 Å². The second-order valence-corrected chi connectivity index (χ2v) is 8.54. The molecule has 0 radical (unpaired) electrons. The van der Waals surface area contributed by atoms with Crippen LogP contribution in [-0.4, -0.2) is 28.8 Å². The first-order chi connectivity index (χ1) is 15.0. The molecule has 2 aliphatic rings. The topological polar surface area (TPSA) is 59.1 Å². The van der Waals surface area contributed by atoms with Crippen LogP contribution < -0.4 is 11.1 Å². The van der Waals surface area contributed by atoms with Crippen molar-refractivity contribution >= 4 is 11.4 Å². The molecule has 1 saturated carbocycles. The predicted octanol–water partition coefficient (Wildman–Crippen LogP) is 5.37. The molecule has 1 unspecified atom stereocenters. The molecule has 0 spiro atoms. The SMILES string of the molecule is CC/C=C/C1CC(c2nn(-c3ccccc3)c(NC(N)=C3CC3)c2C)=CC=C1N(C)C. The fraction of sp³-hybridized carbons (Fsp3) is 0.346. The molecule has 5 heteroatoms. The Morgan fingerprint density at radius 3 is 2.61 bits per heavy atom. The third-order valence-electron chi connectivity index (χ3n) is 5.96. The number of benzene rings is 1. The highest BCUT2D eigenvalue weighted by Crippen LogP contribution is 2.37. The Labute approximate surface area is 185 Å². The molecule has 162 valence electrons. The number of nitrogens with one attached hydrogen (secondary N) is 1. The van der Waals surface area contributed by atoms with Crippen molar-refractivity contribution in [3.63, 3.8) is 0 Å². The third kappa shape index (κ3) is 4.46. The van der Waals surface area contributed by atoms with E-state index in [0.717, 1.165) is 54.3 Å². The monoisotopic (exact) mass is 415 g/mol. The fourth-order valence-electron chi connectivity index (χ4n) is 4.09. The quantitative estimate of drug-likeness (QED) is 0.597. The summed E-state index contributed by atoms with van der Waals surface area (Å²) in [5, 5.41) is 8.53. The zero-order valence-electron chi connectivity index (χ0n) is 19.0. The normalized spacial score (nSPS) is 18.1. The lowest BCUT2D eigenvalue weighted by Crippen LogP contribution is -2.20. The molecule has 4 rings (SSSR count). The van der Waals surface area contributed by atoms with Gasteiger partial charge < -0.3 is 16.0 Å². The molecule has 1 fully saturated rings. The molecule has 1 heterocycles. The number of hydrogen-bond acceptors (Lipinski definition) is 4. The second-order valence-electron chi connectivity index (χ2n) is 8.54. The van der Waals surface area contributed by atoms with Crippen molar-refractivity contribution in [1.29, 1.82) is 0 Å². The highest BCUT2D eigenvalue weighted by atomic mass is 15.3. The number of aromatic nitrogens is 2.